The van der Waals surface area contributed by atoms with Gasteiger partial charge in [0.25, 0.3) is 0 Å². The molecule has 190 valence electrons. The van der Waals surface area contributed by atoms with Crippen LogP contribution >= 0.6 is 39.1 Å². The fourth-order valence-corrected chi connectivity index (χ4v) is 4.53. The quantitative estimate of drug-likeness (QED) is 0.182. The molecule has 1 saturated heterocycles. The summed E-state index contributed by atoms with van der Waals surface area (Å²) in [6.07, 6.45) is 3.23. The molecule has 0 bridgehead atoms. The molecule has 2 aromatic carbocycles. The second-order valence-electron chi connectivity index (χ2n) is 8.21. The van der Waals surface area contributed by atoms with Gasteiger partial charge in [-0.2, -0.15) is 20.1 Å². The van der Waals surface area contributed by atoms with Gasteiger partial charge < -0.3 is 19.4 Å². The summed E-state index contributed by atoms with van der Waals surface area (Å²) in [5.41, 5.74) is 6.24. The molecule has 1 aliphatic heterocycles. The Morgan fingerprint density at radius 1 is 1.05 bits per heavy atom. The van der Waals surface area contributed by atoms with E-state index in [0.717, 1.165) is 26.9 Å². The van der Waals surface area contributed by atoms with Crippen LogP contribution in [0.3, 0.4) is 0 Å². The molecule has 2 N–H and O–H groups in total. The molecule has 0 atom stereocenters. The Balaban J connectivity index is 1.37. The van der Waals surface area contributed by atoms with E-state index in [1.54, 1.807) is 12.5 Å². The van der Waals surface area contributed by atoms with Crippen molar-refractivity contribution < 1.29 is 9.15 Å². The van der Waals surface area contributed by atoms with E-state index in [1.165, 1.54) is 0 Å². The van der Waals surface area contributed by atoms with E-state index < -0.39 is 0 Å². The molecule has 0 amide bonds. The molecule has 0 radical (unpaired) electrons. The van der Waals surface area contributed by atoms with Gasteiger partial charge in [0.15, 0.2) is 0 Å². The highest BCUT2D eigenvalue weighted by molar-refractivity contribution is 9.10. The Labute approximate surface area is 232 Å². The van der Waals surface area contributed by atoms with Gasteiger partial charge in [0.05, 0.1) is 25.1 Å². The zero-order chi connectivity index (χ0) is 25.8. The number of ether oxygens (including phenoxy) is 1. The van der Waals surface area contributed by atoms with Gasteiger partial charge in [0.1, 0.15) is 12.0 Å². The molecule has 1 fully saturated rings. The summed E-state index contributed by atoms with van der Waals surface area (Å²) in [6, 6.07) is 13.1. The molecular formula is C25H22BrCl2N7O2. The number of hydrogen-bond donors (Lipinski definition) is 2. The van der Waals surface area contributed by atoms with E-state index >= 15 is 0 Å². The van der Waals surface area contributed by atoms with Crippen molar-refractivity contribution in [1.29, 1.82) is 0 Å². The van der Waals surface area contributed by atoms with Crippen molar-refractivity contribution in [3.8, 4) is 11.3 Å². The van der Waals surface area contributed by atoms with Gasteiger partial charge in [-0.15, -0.1) is 0 Å². The Bertz CT molecular complexity index is 1440. The molecule has 4 aromatic rings. The van der Waals surface area contributed by atoms with E-state index in [-0.39, 0.29) is 5.95 Å². The Morgan fingerprint density at radius 3 is 2.68 bits per heavy atom. The lowest BCUT2D eigenvalue weighted by Crippen LogP contribution is -2.37. The average molecular weight is 603 g/mol. The molecule has 0 spiro atoms. The summed E-state index contributed by atoms with van der Waals surface area (Å²) < 4.78 is 12.0. The Morgan fingerprint density at radius 2 is 1.86 bits per heavy atom. The zero-order valence-corrected chi connectivity index (χ0v) is 22.8. The number of aryl methyl sites for hydroxylation is 1. The lowest BCUT2D eigenvalue weighted by molar-refractivity contribution is 0.122. The van der Waals surface area contributed by atoms with Crippen molar-refractivity contribution in [3.63, 3.8) is 0 Å². The first-order chi connectivity index (χ1) is 17.9. The predicted octanol–water partition coefficient (Wildman–Crippen LogP) is 6.54. The molecule has 1 aliphatic rings. The largest absolute Gasteiger partial charge is 0.464 e. The number of nitrogens with one attached hydrogen (secondary N) is 2. The second-order valence-corrected chi connectivity index (χ2v) is 9.91. The fourth-order valence-electron chi connectivity index (χ4n) is 3.61. The van der Waals surface area contributed by atoms with Gasteiger partial charge in [-0.25, -0.2) is 5.43 Å². The first kappa shape index (κ1) is 25.5. The van der Waals surface area contributed by atoms with Crippen LogP contribution < -0.4 is 15.6 Å². The summed E-state index contributed by atoms with van der Waals surface area (Å²) >= 11 is 16.0. The van der Waals surface area contributed by atoms with Crippen LogP contribution in [-0.4, -0.2) is 47.5 Å². The van der Waals surface area contributed by atoms with Gasteiger partial charge >= 0.3 is 0 Å². The van der Waals surface area contributed by atoms with Crippen LogP contribution in [0.15, 0.2) is 62.7 Å². The molecule has 12 heteroatoms. The summed E-state index contributed by atoms with van der Waals surface area (Å²) in [6.45, 7) is 4.49. The normalized spacial score (nSPS) is 13.8. The molecule has 3 heterocycles. The topological polar surface area (TPSA) is 101 Å². The molecule has 5 rings (SSSR count). The van der Waals surface area contributed by atoms with Gasteiger partial charge in [0.2, 0.25) is 17.8 Å². The van der Waals surface area contributed by atoms with Crippen LogP contribution in [0, 0.1) is 6.92 Å². The standard InChI is InChI=1S/C25H22BrCl2N7O2/c1-15-9-19(26)21(12-20(15)28)30-23-31-24(33-25(32-23)35-5-7-36-8-6-35)34-29-13-16-10-22(37-14-16)17-3-2-4-18(27)11-17/h2-4,9-14H,5-8H2,1H3,(H2,30,31,32,33,34). The minimum absolute atomic E-state index is 0.281. The lowest BCUT2D eigenvalue weighted by atomic mass is 10.1. The lowest BCUT2D eigenvalue weighted by Gasteiger charge is -2.27. The number of hydrogen-bond acceptors (Lipinski definition) is 9. The van der Waals surface area contributed by atoms with Crippen molar-refractivity contribution in [3.05, 3.63) is 74.4 Å². The number of morpholine rings is 1. The van der Waals surface area contributed by atoms with E-state index in [2.05, 4.69) is 46.7 Å². The van der Waals surface area contributed by atoms with Crippen LogP contribution in [0.25, 0.3) is 11.3 Å². The number of anilines is 4. The van der Waals surface area contributed by atoms with Gasteiger partial charge in [0, 0.05) is 38.7 Å². The van der Waals surface area contributed by atoms with Crippen molar-refractivity contribution in [2.45, 2.75) is 6.92 Å². The van der Waals surface area contributed by atoms with Gasteiger partial charge in [-0.1, -0.05) is 35.3 Å². The third kappa shape index (κ3) is 6.40. The minimum atomic E-state index is 0.281. The predicted molar refractivity (Wildman–Crippen MR) is 150 cm³/mol. The van der Waals surface area contributed by atoms with Crippen LogP contribution in [0.1, 0.15) is 11.1 Å². The molecular weight excluding hydrogens is 581 g/mol. The molecule has 9 nitrogen and oxygen atoms in total. The third-order valence-corrected chi connectivity index (χ3v) is 6.82. The highest BCUT2D eigenvalue weighted by Crippen LogP contribution is 2.31. The summed E-state index contributed by atoms with van der Waals surface area (Å²) in [4.78, 5) is 15.7. The van der Waals surface area contributed by atoms with Crippen LogP contribution in [0.2, 0.25) is 10.0 Å². The Kier molecular flexibility index (Phi) is 7.90. The van der Waals surface area contributed by atoms with Crippen molar-refractivity contribution in [2.75, 3.05) is 41.9 Å². The molecule has 0 aliphatic carbocycles. The first-order valence-electron chi connectivity index (χ1n) is 11.4. The fraction of sp³-hybridized carbons (Fsp3) is 0.200. The number of benzene rings is 2. The van der Waals surface area contributed by atoms with E-state index in [9.17, 15) is 0 Å². The highest BCUT2D eigenvalue weighted by atomic mass is 79.9. The molecule has 0 saturated carbocycles. The molecule has 2 aromatic heterocycles. The molecule has 37 heavy (non-hydrogen) atoms. The average Bonchev–Trinajstić information content (AvgIpc) is 3.37. The maximum atomic E-state index is 6.33. The number of aromatic nitrogens is 3. The van der Waals surface area contributed by atoms with Crippen LogP contribution in [-0.2, 0) is 4.74 Å². The SMILES string of the molecule is Cc1cc(Br)c(Nc2nc(NN=Cc3coc(-c4cccc(Cl)c4)c3)nc(N3CCOCC3)n2)cc1Cl. The maximum Gasteiger partial charge on any atom is 0.250 e. The number of halogens is 3. The summed E-state index contributed by atoms with van der Waals surface area (Å²) in [5.74, 6) is 1.83. The minimum Gasteiger partial charge on any atom is -0.464 e. The summed E-state index contributed by atoms with van der Waals surface area (Å²) in [5, 5.41) is 8.80. The highest BCUT2D eigenvalue weighted by Gasteiger charge is 2.17. The number of nitrogens with zero attached hydrogens (tertiary/aromatic N) is 5. The zero-order valence-electron chi connectivity index (χ0n) is 19.7. The monoisotopic (exact) mass is 601 g/mol. The first-order valence-corrected chi connectivity index (χ1v) is 12.9. The number of rotatable bonds is 7. The van der Waals surface area contributed by atoms with Gasteiger partial charge in [-0.05, 0) is 58.7 Å². The maximum absolute atomic E-state index is 6.33. The summed E-state index contributed by atoms with van der Waals surface area (Å²) in [7, 11) is 0. The van der Waals surface area contributed by atoms with Crippen LogP contribution in [0.5, 0.6) is 0 Å². The van der Waals surface area contributed by atoms with Gasteiger partial charge in [-0.3, -0.25) is 0 Å². The van der Waals surface area contributed by atoms with E-state index in [0.29, 0.717) is 54.0 Å². The number of hydrazone groups is 1. The van der Waals surface area contributed by atoms with E-state index in [1.807, 2.05) is 54.3 Å². The van der Waals surface area contributed by atoms with E-state index in [4.69, 9.17) is 32.4 Å². The van der Waals surface area contributed by atoms with Crippen molar-refractivity contribution in [2.24, 2.45) is 5.10 Å². The molecule has 0 unspecified atom stereocenters. The van der Waals surface area contributed by atoms with Crippen molar-refractivity contribution in [1.82, 2.24) is 15.0 Å². The third-order valence-electron chi connectivity index (χ3n) is 5.52. The van der Waals surface area contributed by atoms with Crippen molar-refractivity contribution >= 4 is 68.9 Å². The second kappa shape index (κ2) is 11.5. The Hall–Kier alpha value is -3.18. The van der Waals surface area contributed by atoms with Crippen LogP contribution in [0.4, 0.5) is 23.5 Å². The smallest absolute Gasteiger partial charge is 0.250 e. The number of furan rings is 1.